The van der Waals surface area contributed by atoms with Crippen LogP contribution in [-0.4, -0.2) is 38.0 Å². The quantitative estimate of drug-likeness (QED) is 0.582. The topological polar surface area (TPSA) is 30.5 Å². The zero-order valence-corrected chi connectivity index (χ0v) is 6.61. The molecule has 5 heteroatoms. The van der Waals surface area contributed by atoms with E-state index in [1.807, 2.05) is 0 Å². The van der Waals surface area contributed by atoms with Crippen molar-refractivity contribution in [3.63, 3.8) is 0 Å². The van der Waals surface area contributed by atoms with Gasteiger partial charge >= 0.3 is 0 Å². The van der Waals surface area contributed by atoms with Crippen LogP contribution in [0.2, 0.25) is 0 Å². The molecule has 70 valence electrons. The number of alkyl halides is 2. The summed E-state index contributed by atoms with van der Waals surface area (Å²) in [5.41, 5.74) is -0.623. The highest BCUT2D eigenvalue weighted by molar-refractivity contribution is 4.89. The summed E-state index contributed by atoms with van der Waals surface area (Å²) >= 11 is 0. The number of hydrogen-bond acceptors (Lipinski definition) is 3. The third-order valence-corrected chi connectivity index (χ3v) is 2.21. The first-order valence-corrected chi connectivity index (χ1v) is 3.97. The molecule has 1 atom stereocenters. The normalized spacial score (nSPS) is 40.5. The summed E-state index contributed by atoms with van der Waals surface area (Å²) in [6.45, 7) is 0.154. The predicted octanol–water partition coefficient (Wildman–Crippen LogP) is 0.358. The lowest BCUT2D eigenvalue weighted by atomic mass is 10.1. The van der Waals surface area contributed by atoms with Crippen LogP contribution in [0.15, 0.2) is 0 Å². The third-order valence-electron chi connectivity index (χ3n) is 2.21. The van der Waals surface area contributed by atoms with Gasteiger partial charge < -0.3 is 9.47 Å². The van der Waals surface area contributed by atoms with Crippen molar-refractivity contribution in [2.24, 2.45) is 0 Å². The average Bonchev–Trinajstić information content (AvgIpc) is 2.46. The van der Waals surface area contributed by atoms with Crippen molar-refractivity contribution in [1.82, 2.24) is 5.32 Å². The molecule has 0 radical (unpaired) electrons. The lowest BCUT2D eigenvalue weighted by Crippen LogP contribution is -2.59. The fourth-order valence-electron chi connectivity index (χ4n) is 1.44. The predicted molar refractivity (Wildman–Crippen MR) is 37.1 cm³/mol. The molecule has 0 aromatic heterocycles. The highest BCUT2D eigenvalue weighted by Crippen LogP contribution is 2.28. The van der Waals surface area contributed by atoms with E-state index in [-0.39, 0.29) is 6.54 Å². The SMILES string of the molecule is FC1(F)CNC2(CCOC2)OC1. The maximum Gasteiger partial charge on any atom is 0.283 e. The smallest absolute Gasteiger partial charge is 0.283 e. The summed E-state index contributed by atoms with van der Waals surface area (Å²) in [5.74, 6) is -2.73. The lowest BCUT2D eigenvalue weighted by molar-refractivity contribution is -0.192. The maximum atomic E-state index is 12.6. The standard InChI is InChI=1S/C7H11F2NO2/c8-6(9)3-10-7(12-4-6)1-2-11-5-7/h10H,1-5H2. The first-order valence-electron chi connectivity index (χ1n) is 3.97. The Morgan fingerprint density at radius 2 is 2.08 bits per heavy atom. The fourth-order valence-corrected chi connectivity index (χ4v) is 1.44. The van der Waals surface area contributed by atoms with Gasteiger partial charge in [-0.05, 0) is 0 Å². The highest BCUT2D eigenvalue weighted by atomic mass is 19.3. The van der Waals surface area contributed by atoms with Crippen molar-refractivity contribution in [3.8, 4) is 0 Å². The Labute approximate surface area is 69.0 Å². The van der Waals surface area contributed by atoms with Crippen molar-refractivity contribution in [2.45, 2.75) is 18.1 Å². The molecule has 0 amide bonds. The monoisotopic (exact) mass is 179 g/mol. The van der Waals surface area contributed by atoms with Crippen molar-refractivity contribution in [2.75, 3.05) is 26.4 Å². The van der Waals surface area contributed by atoms with Gasteiger partial charge in [0.1, 0.15) is 12.3 Å². The summed E-state index contributed by atoms with van der Waals surface area (Å²) in [5, 5.41) is 2.69. The largest absolute Gasteiger partial charge is 0.377 e. The van der Waals surface area contributed by atoms with E-state index >= 15 is 0 Å². The molecule has 0 aromatic carbocycles. The average molecular weight is 179 g/mol. The van der Waals surface area contributed by atoms with Crippen LogP contribution in [0.1, 0.15) is 6.42 Å². The van der Waals surface area contributed by atoms with E-state index in [2.05, 4.69) is 5.32 Å². The first-order chi connectivity index (χ1) is 5.62. The van der Waals surface area contributed by atoms with Gasteiger partial charge in [-0.2, -0.15) is 0 Å². The molecule has 2 fully saturated rings. The van der Waals surface area contributed by atoms with E-state index in [0.717, 1.165) is 0 Å². The molecule has 2 saturated heterocycles. The van der Waals surface area contributed by atoms with Crippen LogP contribution in [0, 0.1) is 0 Å². The molecule has 2 aliphatic heterocycles. The zero-order valence-electron chi connectivity index (χ0n) is 6.61. The zero-order chi connectivity index (χ0) is 8.66. The van der Waals surface area contributed by atoms with E-state index < -0.39 is 18.3 Å². The Bertz CT molecular complexity index is 168. The second-order valence-electron chi connectivity index (χ2n) is 3.30. The van der Waals surface area contributed by atoms with Crippen LogP contribution in [0.25, 0.3) is 0 Å². The van der Waals surface area contributed by atoms with Gasteiger partial charge in [-0.25, -0.2) is 8.78 Å². The van der Waals surface area contributed by atoms with E-state index in [1.165, 1.54) is 0 Å². The molecular formula is C7H11F2NO2. The molecule has 0 aliphatic carbocycles. The summed E-state index contributed by atoms with van der Waals surface area (Å²) in [6.07, 6.45) is 0.656. The van der Waals surface area contributed by atoms with Crippen molar-refractivity contribution in [1.29, 1.82) is 0 Å². The van der Waals surface area contributed by atoms with Crippen LogP contribution in [0.5, 0.6) is 0 Å². The van der Waals surface area contributed by atoms with Gasteiger partial charge in [0.25, 0.3) is 5.92 Å². The molecule has 0 saturated carbocycles. The third kappa shape index (κ3) is 1.44. The summed E-state index contributed by atoms with van der Waals surface area (Å²) in [6, 6.07) is 0. The number of hydrogen-bond donors (Lipinski definition) is 1. The second-order valence-corrected chi connectivity index (χ2v) is 3.30. The minimum atomic E-state index is -2.73. The lowest BCUT2D eigenvalue weighted by Gasteiger charge is -2.37. The van der Waals surface area contributed by atoms with E-state index in [4.69, 9.17) is 9.47 Å². The van der Waals surface area contributed by atoms with Gasteiger partial charge in [0.15, 0.2) is 0 Å². The summed E-state index contributed by atoms with van der Waals surface area (Å²) in [7, 11) is 0. The van der Waals surface area contributed by atoms with Gasteiger partial charge in [-0.15, -0.1) is 0 Å². The summed E-state index contributed by atoms with van der Waals surface area (Å²) < 4.78 is 35.4. The minimum absolute atomic E-state index is 0.309. The number of rotatable bonds is 0. The summed E-state index contributed by atoms with van der Waals surface area (Å²) in [4.78, 5) is 0. The van der Waals surface area contributed by atoms with Crippen LogP contribution < -0.4 is 5.32 Å². The molecule has 0 aromatic rings. The van der Waals surface area contributed by atoms with Crippen molar-refractivity contribution < 1.29 is 18.3 Å². The molecule has 2 rings (SSSR count). The molecule has 3 nitrogen and oxygen atoms in total. The molecule has 2 aliphatic rings. The van der Waals surface area contributed by atoms with Gasteiger partial charge in [0.2, 0.25) is 0 Å². The Morgan fingerprint density at radius 3 is 2.58 bits per heavy atom. The Morgan fingerprint density at radius 1 is 1.25 bits per heavy atom. The molecule has 1 spiro atoms. The molecule has 1 unspecified atom stereocenters. The van der Waals surface area contributed by atoms with Crippen molar-refractivity contribution in [3.05, 3.63) is 0 Å². The maximum absolute atomic E-state index is 12.6. The molecule has 2 heterocycles. The van der Waals surface area contributed by atoms with E-state index in [9.17, 15) is 8.78 Å². The minimum Gasteiger partial charge on any atom is -0.377 e. The Hall–Kier alpha value is -0.260. The van der Waals surface area contributed by atoms with Crippen molar-refractivity contribution >= 4 is 0 Å². The van der Waals surface area contributed by atoms with Gasteiger partial charge in [-0.3, -0.25) is 5.32 Å². The Balaban J connectivity index is 1.97. The van der Waals surface area contributed by atoms with Crippen LogP contribution in [-0.2, 0) is 9.47 Å². The number of nitrogens with one attached hydrogen (secondary N) is 1. The van der Waals surface area contributed by atoms with Crippen LogP contribution in [0.4, 0.5) is 8.78 Å². The molecule has 1 N–H and O–H groups in total. The van der Waals surface area contributed by atoms with Crippen LogP contribution >= 0.6 is 0 Å². The van der Waals surface area contributed by atoms with Gasteiger partial charge in [0, 0.05) is 6.42 Å². The fraction of sp³-hybridized carbons (Fsp3) is 1.00. The first kappa shape index (κ1) is 8.34. The van der Waals surface area contributed by atoms with E-state index in [0.29, 0.717) is 19.6 Å². The number of halogens is 2. The Kier molecular flexibility index (Phi) is 1.82. The molecular weight excluding hydrogens is 168 g/mol. The van der Waals surface area contributed by atoms with E-state index in [1.54, 1.807) is 0 Å². The van der Waals surface area contributed by atoms with Crippen LogP contribution in [0.3, 0.4) is 0 Å². The number of ether oxygens (including phenoxy) is 2. The highest BCUT2D eigenvalue weighted by Gasteiger charge is 2.46. The second kappa shape index (κ2) is 2.61. The molecule has 12 heavy (non-hydrogen) atoms. The molecule has 0 bridgehead atoms. The van der Waals surface area contributed by atoms with Gasteiger partial charge in [-0.1, -0.05) is 0 Å². The van der Waals surface area contributed by atoms with Gasteiger partial charge in [0.05, 0.1) is 19.8 Å².